The van der Waals surface area contributed by atoms with Crippen molar-refractivity contribution in [2.75, 3.05) is 19.0 Å². The van der Waals surface area contributed by atoms with E-state index in [0.29, 0.717) is 11.5 Å². The van der Waals surface area contributed by atoms with Crippen LogP contribution >= 0.6 is 0 Å². The SMILES string of the molecule is C=CCOc1ccc(C(=O)Nc2cccc(OC(F)(F)F)c2)cc1OC. The number of ether oxygens (including phenoxy) is 3. The minimum atomic E-state index is -4.81. The smallest absolute Gasteiger partial charge is 0.493 e. The molecule has 0 saturated heterocycles. The molecule has 2 rings (SSSR count). The van der Waals surface area contributed by atoms with Gasteiger partial charge < -0.3 is 19.5 Å². The van der Waals surface area contributed by atoms with Gasteiger partial charge in [0.25, 0.3) is 5.91 Å². The first-order valence-corrected chi connectivity index (χ1v) is 7.41. The monoisotopic (exact) mass is 367 g/mol. The predicted octanol–water partition coefficient (Wildman–Crippen LogP) is 4.41. The lowest BCUT2D eigenvalue weighted by Crippen LogP contribution is -2.17. The molecule has 2 aromatic rings. The van der Waals surface area contributed by atoms with E-state index in [4.69, 9.17) is 9.47 Å². The molecule has 0 aliphatic carbocycles. The molecule has 1 N–H and O–H groups in total. The molecular formula is C18H16F3NO4. The molecular weight excluding hydrogens is 351 g/mol. The molecule has 0 aromatic heterocycles. The number of methoxy groups -OCH3 is 1. The van der Waals surface area contributed by atoms with Crippen molar-refractivity contribution in [3.8, 4) is 17.2 Å². The van der Waals surface area contributed by atoms with E-state index in [-0.39, 0.29) is 17.9 Å². The Balaban J connectivity index is 2.14. The standard InChI is InChI=1S/C18H16F3NO4/c1-3-9-25-15-8-7-12(10-16(15)24-2)17(23)22-13-5-4-6-14(11-13)26-18(19,20)21/h3-8,10-11H,1,9H2,2H3,(H,22,23). The van der Waals surface area contributed by atoms with E-state index in [2.05, 4.69) is 16.6 Å². The van der Waals surface area contributed by atoms with Crippen molar-refractivity contribution >= 4 is 11.6 Å². The second kappa shape index (κ2) is 8.28. The number of halogens is 3. The first-order valence-electron chi connectivity index (χ1n) is 7.41. The van der Waals surface area contributed by atoms with Gasteiger partial charge in [-0.3, -0.25) is 4.79 Å². The zero-order valence-electron chi connectivity index (χ0n) is 13.8. The maximum absolute atomic E-state index is 12.3. The number of rotatable bonds is 7. The molecule has 2 aromatic carbocycles. The van der Waals surface area contributed by atoms with Gasteiger partial charge in [-0.1, -0.05) is 18.7 Å². The Morgan fingerprint density at radius 1 is 1.19 bits per heavy atom. The Morgan fingerprint density at radius 3 is 2.62 bits per heavy atom. The minimum Gasteiger partial charge on any atom is -0.493 e. The maximum Gasteiger partial charge on any atom is 0.573 e. The number of amides is 1. The topological polar surface area (TPSA) is 56.8 Å². The summed E-state index contributed by atoms with van der Waals surface area (Å²) in [5.41, 5.74) is 0.401. The normalized spacial score (nSPS) is 10.8. The van der Waals surface area contributed by atoms with Crippen molar-refractivity contribution in [1.82, 2.24) is 0 Å². The van der Waals surface area contributed by atoms with Crippen LogP contribution in [0.15, 0.2) is 55.1 Å². The van der Waals surface area contributed by atoms with Crippen LogP contribution in [0.5, 0.6) is 17.2 Å². The van der Waals surface area contributed by atoms with Crippen molar-refractivity contribution in [3.63, 3.8) is 0 Å². The van der Waals surface area contributed by atoms with Gasteiger partial charge in [-0.05, 0) is 30.3 Å². The Labute approximate surface area is 148 Å². The van der Waals surface area contributed by atoms with Gasteiger partial charge in [0.1, 0.15) is 12.4 Å². The average molecular weight is 367 g/mol. The van der Waals surface area contributed by atoms with Crippen molar-refractivity contribution in [2.24, 2.45) is 0 Å². The van der Waals surface area contributed by atoms with Crippen LogP contribution in [-0.4, -0.2) is 26.0 Å². The molecule has 138 valence electrons. The Kier molecular flexibility index (Phi) is 6.11. The molecule has 0 fully saturated rings. The van der Waals surface area contributed by atoms with E-state index < -0.39 is 18.0 Å². The summed E-state index contributed by atoms with van der Waals surface area (Å²) in [4.78, 5) is 12.3. The Bertz CT molecular complexity index is 790. The molecule has 0 aliphatic rings. The van der Waals surface area contributed by atoms with Gasteiger partial charge in [-0.15, -0.1) is 13.2 Å². The highest BCUT2D eigenvalue weighted by molar-refractivity contribution is 6.04. The third kappa shape index (κ3) is 5.44. The van der Waals surface area contributed by atoms with Crippen LogP contribution in [-0.2, 0) is 0 Å². The van der Waals surface area contributed by atoms with E-state index in [9.17, 15) is 18.0 Å². The molecule has 1 amide bonds. The molecule has 0 heterocycles. The molecule has 8 heteroatoms. The first kappa shape index (κ1) is 19.2. The highest BCUT2D eigenvalue weighted by atomic mass is 19.4. The lowest BCUT2D eigenvalue weighted by molar-refractivity contribution is -0.274. The second-order valence-electron chi connectivity index (χ2n) is 5.00. The third-order valence-electron chi connectivity index (χ3n) is 3.11. The van der Waals surface area contributed by atoms with Crippen molar-refractivity contribution in [3.05, 3.63) is 60.7 Å². The molecule has 0 atom stereocenters. The number of carbonyl (C=O) groups is 1. The highest BCUT2D eigenvalue weighted by Gasteiger charge is 2.31. The van der Waals surface area contributed by atoms with Gasteiger partial charge in [0.2, 0.25) is 0 Å². The van der Waals surface area contributed by atoms with E-state index >= 15 is 0 Å². The van der Waals surface area contributed by atoms with Crippen LogP contribution in [0, 0.1) is 0 Å². The van der Waals surface area contributed by atoms with Gasteiger partial charge in [0, 0.05) is 17.3 Å². The van der Waals surface area contributed by atoms with E-state index in [0.717, 1.165) is 12.1 Å². The van der Waals surface area contributed by atoms with Crippen molar-refractivity contribution < 1.29 is 32.2 Å². The molecule has 0 radical (unpaired) electrons. The fourth-order valence-electron chi connectivity index (χ4n) is 2.05. The lowest BCUT2D eigenvalue weighted by atomic mass is 10.1. The summed E-state index contributed by atoms with van der Waals surface area (Å²) in [6.07, 6.45) is -3.24. The van der Waals surface area contributed by atoms with Crippen LogP contribution < -0.4 is 19.5 Å². The molecule has 0 saturated carbocycles. The van der Waals surface area contributed by atoms with Crippen molar-refractivity contribution in [2.45, 2.75) is 6.36 Å². The van der Waals surface area contributed by atoms with Gasteiger partial charge >= 0.3 is 6.36 Å². The quantitative estimate of drug-likeness (QED) is 0.737. The van der Waals surface area contributed by atoms with Crippen LogP contribution in [0.4, 0.5) is 18.9 Å². The Hall–Kier alpha value is -3.16. The van der Waals surface area contributed by atoms with Crippen LogP contribution in [0.1, 0.15) is 10.4 Å². The first-order chi connectivity index (χ1) is 12.3. The van der Waals surface area contributed by atoms with Crippen LogP contribution in [0.25, 0.3) is 0 Å². The highest BCUT2D eigenvalue weighted by Crippen LogP contribution is 2.29. The molecule has 5 nitrogen and oxygen atoms in total. The molecule has 0 bridgehead atoms. The summed E-state index contributed by atoms with van der Waals surface area (Å²) >= 11 is 0. The number of benzene rings is 2. The predicted molar refractivity (Wildman–Crippen MR) is 89.8 cm³/mol. The van der Waals surface area contributed by atoms with Gasteiger partial charge in [-0.2, -0.15) is 0 Å². The summed E-state index contributed by atoms with van der Waals surface area (Å²) in [6, 6.07) is 9.52. The largest absolute Gasteiger partial charge is 0.573 e. The van der Waals surface area contributed by atoms with Gasteiger partial charge in [0.15, 0.2) is 11.5 Å². The lowest BCUT2D eigenvalue weighted by Gasteiger charge is -2.12. The summed E-state index contributed by atoms with van der Waals surface area (Å²) in [6.45, 7) is 3.81. The minimum absolute atomic E-state index is 0.155. The van der Waals surface area contributed by atoms with E-state index in [1.807, 2.05) is 0 Å². The third-order valence-corrected chi connectivity index (χ3v) is 3.11. The zero-order valence-corrected chi connectivity index (χ0v) is 13.8. The number of hydrogen-bond acceptors (Lipinski definition) is 4. The second-order valence-corrected chi connectivity index (χ2v) is 5.00. The zero-order chi connectivity index (χ0) is 19.2. The molecule has 0 aliphatic heterocycles. The summed E-state index contributed by atoms with van der Waals surface area (Å²) in [7, 11) is 1.43. The average Bonchev–Trinajstić information content (AvgIpc) is 2.58. The molecule has 0 spiro atoms. The van der Waals surface area contributed by atoms with Gasteiger partial charge in [0.05, 0.1) is 7.11 Å². The summed E-state index contributed by atoms with van der Waals surface area (Å²) in [5.74, 6) is -0.179. The summed E-state index contributed by atoms with van der Waals surface area (Å²) < 4.78 is 51.2. The van der Waals surface area contributed by atoms with E-state index in [1.54, 1.807) is 12.1 Å². The Morgan fingerprint density at radius 2 is 1.96 bits per heavy atom. The molecule has 0 unspecified atom stereocenters. The van der Waals surface area contributed by atoms with Crippen molar-refractivity contribution in [1.29, 1.82) is 0 Å². The number of nitrogens with one attached hydrogen (secondary N) is 1. The number of anilines is 1. The van der Waals surface area contributed by atoms with E-state index in [1.165, 1.54) is 31.4 Å². The molecule has 26 heavy (non-hydrogen) atoms. The van der Waals surface area contributed by atoms with Crippen LogP contribution in [0.2, 0.25) is 0 Å². The fraction of sp³-hybridized carbons (Fsp3) is 0.167. The van der Waals surface area contributed by atoms with Crippen LogP contribution in [0.3, 0.4) is 0 Å². The maximum atomic E-state index is 12.3. The number of alkyl halides is 3. The number of carbonyl (C=O) groups excluding carboxylic acids is 1. The fourth-order valence-corrected chi connectivity index (χ4v) is 2.05. The van der Waals surface area contributed by atoms with Gasteiger partial charge in [-0.25, -0.2) is 0 Å². The number of hydrogen-bond donors (Lipinski definition) is 1. The summed E-state index contributed by atoms with van der Waals surface area (Å²) in [5, 5.41) is 2.50.